The summed E-state index contributed by atoms with van der Waals surface area (Å²) in [6, 6.07) is 9.05. The minimum Gasteiger partial charge on any atom is -0.356 e. The van der Waals surface area contributed by atoms with Gasteiger partial charge in [-0.3, -0.25) is 4.99 Å². The van der Waals surface area contributed by atoms with Crippen molar-refractivity contribution in [2.45, 2.75) is 44.4 Å². The molecule has 0 unspecified atom stereocenters. The van der Waals surface area contributed by atoms with Crippen molar-refractivity contribution in [1.29, 1.82) is 0 Å². The Morgan fingerprint density at radius 2 is 2.10 bits per heavy atom. The zero-order valence-electron chi connectivity index (χ0n) is 12.4. The van der Waals surface area contributed by atoms with Crippen LogP contribution in [0.15, 0.2) is 29.3 Å². The third kappa shape index (κ3) is 2.82. The highest BCUT2D eigenvalue weighted by atomic mass is 15.2. The summed E-state index contributed by atoms with van der Waals surface area (Å²) in [6.07, 6.45) is 6.41. The van der Waals surface area contributed by atoms with Crippen LogP contribution in [0.25, 0.3) is 0 Å². The van der Waals surface area contributed by atoms with E-state index in [1.165, 1.54) is 36.8 Å². The van der Waals surface area contributed by atoms with Gasteiger partial charge in [-0.25, -0.2) is 0 Å². The first-order valence-corrected chi connectivity index (χ1v) is 7.88. The van der Waals surface area contributed by atoms with Gasteiger partial charge in [-0.15, -0.1) is 0 Å². The van der Waals surface area contributed by atoms with Crippen molar-refractivity contribution in [3.8, 4) is 0 Å². The smallest absolute Gasteiger partial charge is 0.191 e. The standard InChI is InChI=1S/C17H25N3/c1-14-6-4-7-15(12-14)17(8-2-3-9-17)13-20-16-18-10-5-11-19-16/h4,6-7,12H,2-3,5,8-11,13H2,1H3,(H2,18,19,20). The Morgan fingerprint density at radius 3 is 2.80 bits per heavy atom. The van der Waals surface area contributed by atoms with E-state index < -0.39 is 0 Å². The van der Waals surface area contributed by atoms with Crippen LogP contribution in [0.5, 0.6) is 0 Å². The molecule has 1 aliphatic carbocycles. The van der Waals surface area contributed by atoms with Gasteiger partial charge in [0, 0.05) is 25.0 Å². The van der Waals surface area contributed by atoms with E-state index in [0.29, 0.717) is 5.41 Å². The maximum Gasteiger partial charge on any atom is 0.191 e. The highest BCUT2D eigenvalue weighted by Crippen LogP contribution is 2.40. The molecule has 108 valence electrons. The summed E-state index contributed by atoms with van der Waals surface area (Å²) in [5.74, 6) is 0.996. The number of aryl methyl sites for hydroxylation is 1. The van der Waals surface area contributed by atoms with E-state index in [2.05, 4.69) is 46.8 Å². The summed E-state index contributed by atoms with van der Waals surface area (Å²) in [7, 11) is 0. The van der Waals surface area contributed by atoms with Crippen molar-refractivity contribution in [2.75, 3.05) is 19.6 Å². The number of rotatable bonds is 3. The fourth-order valence-corrected chi connectivity index (χ4v) is 3.50. The molecule has 3 heteroatoms. The highest BCUT2D eigenvalue weighted by Gasteiger charge is 2.35. The van der Waals surface area contributed by atoms with E-state index in [1.807, 2.05) is 0 Å². The number of benzene rings is 1. The van der Waals surface area contributed by atoms with E-state index in [0.717, 1.165) is 32.0 Å². The fraction of sp³-hybridized carbons (Fsp3) is 0.588. The second kappa shape index (κ2) is 5.86. The maximum atomic E-state index is 4.53. The van der Waals surface area contributed by atoms with Gasteiger partial charge in [0.1, 0.15) is 0 Å². The number of nitrogens with one attached hydrogen (secondary N) is 2. The predicted octanol–water partition coefficient (Wildman–Crippen LogP) is 2.75. The third-order valence-electron chi connectivity index (χ3n) is 4.68. The molecule has 2 aliphatic rings. The maximum absolute atomic E-state index is 4.53. The van der Waals surface area contributed by atoms with Crippen LogP contribution in [-0.4, -0.2) is 25.6 Å². The molecule has 0 aromatic heterocycles. The topological polar surface area (TPSA) is 36.4 Å². The summed E-state index contributed by atoms with van der Waals surface area (Å²) in [4.78, 5) is 4.53. The Hall–Kier alpha value is -1.51. The molecule has 1 aliphatic heterocycles. The quantitative estimate of drug-likeness (QED) is 0.887. The number of hydrogen-bond acceptors (Lipinski definition) is 3. The molecule has 3 rings (SSSR count). The molecule has 0 bridgehead atoms. The molecule has 0 atom stereocenters. The molecule has 20 heavy (non-hydrogen) atoms. The zero-order valence-corrected chi connectivity index (χ0v) is 12.4. The largest absolute Gasteiger partial charge is 0.356 e. The summed E-state index contributed by atoms with van der Waals surface area (Å²) in [5.41, 5.74) is 3.16. The van der Waals surface area contributed by atoms with Crippen molar-refractivity contribution in [3.63, 3.8) is 0 Å². The van der Waals surface area contributed by atoms with Crippen LogP contribution >= 0.6 is 0 Å². The minimum atomic E-state index is 0.299. The van der Waals surface area contributed by atoms with Crippen molar-refractivity contribution >= 4 is 5.96 Å². The molecule has 2 N–H and O–H groups in total. The van der Waals surface area contributed by atoms with Crippen LogP contribution in [0, 0.1) is 6.92 Å². The predicted molar refractivity (Wildman–Crippen MR) is 84.2 cm³/mol. The van der Waals surface area contributed by atoms with Gasteiger partial charge < -0.3 is 10.6 Å². The van der Waals surface area contributed by atoms with E-state index in [-0.39, 0.29) is 0 Å². The SMILES string of the molecule is Cc1cccc(C2(CNC3=NCCCN3)CCCC2)c1. The molecule has 1 aromatic rings. The summed E-state index contributed by atoms with van der Waals surface area (Å²) in [6.45, 7) is 5.19. The van der Waals surface area contributed by atoms with E-state index in [4.69, 9.17) is 0 Å². The molecule has 0 radical (unpaired) electrons. The highest BCUT2D eigenvalue weighted by molar-refractivity contribution is 5.80. The van der Waals surface area contributed by atoms with Crippen molar-refractivity contribution in [1.82, 2.24) is 10.6 Å². The number of nitrogens with zero attached hydrogens (tertiary/aromatic N) is 1. The molecule has 1 aromatic carbocycles. The Balaban J connectivity index is 1.76. The molecule has 1 fully saturated rings. The Morgan fingerprint density at radius 1 is 1.25 bits per heavy atom. The Labute approximate surface area is 121 Å². The summed E-state index contributed by atoms with van der Waals surface area (Å²) < 4.78 is 0. The van der Waals surface area contributed by atoms with Gasteiger partial charge in [-0.05, 0) is 31.7 Å². The molecule has 1 saturated carbocycles. The van der Waals surface area contributed by atoms with Gasteiger partial charge in [0.05, 0.1) is 0 Å². The van der Waals surface area contributed by atoms with Crippen molar-refractivity contribution < 1.29 is 0 Å². The van der Waals surface area contributed by atoms with E-state index >= 15 is 0 Å². The lowest BCUT2D eigenvalue weighted by molar-refractivity contribution is 0.430. The normalized spacial score (nSPS) is 21.1. The van der Waals surface area contributed by atoms with Gasteiger partial charge in [-0.1, -0.05) is 42.7 Å². The van der Waals surface area contributed by atoms with Crippen molar-refractivity contribution in [2.24, 2.45) is 4.99 Å². The van der Waals surface area contributed by atoms with Crippen molar-refractivity contribution in [3.05, 3.63) is 35.4 Å². The molecular formula is C17H25N3. The number of hydrogen-bond donors (Lipinski definition) is 2. The minimum absolute atomic E-state index is 0.299. The molecule has 0 spiro atoms. The van der Waals surface area contributed by atoms with Crippen LogP contribution in [-0.2, 0) is 5.41 Å². The van der Waals surface area contributed by atoms with Gasteiger partial charge in [0.15, 0.2) is 5.96 Å². The molecular weight excluding hydrogens is 246 g/mol. The molecule has 1 heterocycles. The first-order valence-electron chi connectivity index (χ1n) is 7.88. The molecule has 0 saturated heterocycles. The van der Waals surface area contributed by atoms with Gasteiger partial charge in [0.2, 0.25) is 0 Å². The second-order valence-corrected chi connectivity index (χ2v) is 6.22. The number of aliphatic imine (C=N–C) groups is 1. The average Bonchev–Trinajstić information content (AvgIpc) is 2.96. The second-order valence-electron chi connectivity index (χ2n) is 6.22. The third-order valence-corrected chi connectivity index (χ3v) is 4.68. The average molecular weight is 271 g/mol. The monoisotopic (exact) mass is 271 g/mol. The lowest BCUT2D eigenvalue weighted by Gasteiger charge is -2.31. The Bertz CT molecular complexity index is 487. The van der Waals surface area contributed by atoms with Gasteiger partial charge in [-0.2, -0.15) is 0 Å². The summed E-state index contributed by atoms with van der Waals surface area (Å²) in [5, 5.41) is 6.92. The number of guanidine groups is 1. The fourth-order valence-electron chi connectivity index (χ4n) is 3.50. The van der Waals surface area contributed by atoms with E-state index in [1.54, 1.807) is 0 Å². The van der Waals surface area contributed by atoms with E-state index in [9.17, 15) is 0 Å². The van der Waals surface area contributed by atoms with Crippen LogP contribution in [0.4, 0.5) is 0 Å². The van der Waals surface area contributed by atoms with Crippen LogP contribution in [0.3, 0.4) is 0 Å². The van der Waals surface area contributed by atoms with Crippen LogP contribution < -0.4 is 10.6 Å². The lowest BCUT2D eigenvalue weighted by atomic mass is 9.78. The molecule has 0 amide bonds. The Kier molecular flexibility index (Phi) is 3.95. The first kappa shape index (κ1) is 13.5. The molecule has 3 nitrogen and oxygen atoms in total. The lowest BCUT2D eigenvalue weighted by Crippen LogP contribution is -2.46. The first-order chi connectivity index (χ1) is 9.78. The van der Waals surface area contributed by atoms with Crippen LogP contribution in [0.2, 0.25) is 0 Å². The zero-order chi connectivity index (χ0) is 13.8. The van der Waals surface area contributed by atoms with Crippen LogP contribution in [0.1, 0.15) is 43.2 Å². The van der Waals surface area contributed by atoms with Gasteiger partial charge in [0.25, 0.3) is 0 Å². The summed E-state index contributed by atoms with van der Waals surface area (Å²) >= 11 is 0. The van der Waals surface area contributed by atoms with Gasteiger partial charge >= 0.3 is 0 Å².